The maximum Gasteiger partial charge on any atom is 0.573 e. The van der Waals surface area contributed by atoms with E-state index in [9.17, 15) is 22.8 Å². The van der Waals surface area contributed by atoms with Crippen molar-refractivity contribution in [3.8, 4) is 22.8 Å². The predicted octanol–water partition coefficient (Wildman–Crippen LogP) is 6.66. The van der Waals surface area contributed by atoms with E-state index < -0.39 is 24.0 Å². The standard InChI is InChI=1S/C29H24F4N6O4S/c1-16-4-10-21(17(2)42-3)24(12-16)39-25(40)14-44-28(39)36-27(41)35-23-11-5-18(13-22(23)30)26-34-15-38(37-26)19-6-8-20(9-7-19)43-29(31,32)33/h4-13,15,17H,14H2,1-3H3,(H,35,41). The summed E-state index contributed by atoms with van der Waals surface area (Å²) in [7, 11) is 1.55. The molecule has 0 saturated carbocycles. The average Bonchev–Trinajstić information content (AvgIpc) is 3.60. The highest BCUT2D eigenvalue weighted by atomic mass is 32.2. The average molecular weight is 629 g/mol. The topological polar surface area (TPSA) is 111 Å². The molecule has 0 bridgehead atoms. The SMILES string of the molecule is COC(C)c1ccc(C)cc1N1C(=O)CSC1=NC(=O)Nc1ccc(-c2ncn(-c3ccc(OC(F)(F)F)cc3)n2)cc1F. The van der Waals surface area contributed by atoms with E-state index in [0.717, 1.165) is 41.1 Å². The summed E-state index contributed by atoms with van der Waals surface area (Å²) in [5.74, 6) is -1.23. The van der Waals surface area contributed by atoms with Crippen molar-refractivity contribution in [3.05, 3.63) is 83.9 Å². The number of aromatic nitrogens is 3. The van der Waals surface area contributed by atoms with Crippen molar-refractivity contribution in [2.45, 2.75) is 26.3 Å². The van der Waals surface area contributed by atoms with Gasteiger partial charge in [-0.05, 0) is 67.9 Å². The molecule has 5 rings (SSSR count). The maximum atomic E-state index is 15.0. The third-order valence-corrected chi connectivity index (χ3v) is 7.40. The number of hydrogen-bond donors (Lipinski definition) is 1. The molecular formula is C29H24F4N6O4S. The highest BCUT2D eigenvalue weighted by molar-refractivity contribution is 8.15. The molecule has 0 radical (unpaired) electrons. The van der Waals surface area contributed by atoms with E-state index in [-0.39, 0.29) is 40.0 Å². The predicted molar refractivity (Wildman–Crippen MR) is 156 cm³/mol. The molecular weight excluding hydrogens is 604 g/mol. The van der Waals surface area contributed by atoms with E-state index in [1.807, 2.05) is 32.0 Å². The number of aryl methyl sites for hydroxylation is 1. The van der Waals surface area contributed by atoms with Gasteiger partial charge in [0.05, 0.1) is 28.9 Å². The molecule has 1 fully saturated rings. The Morgan fingerprint density at radius 3 is 2.55 bits per heavy atom. The molecule has 4 aromatic rings. The number of nitrogens with one attached hydrogen (secondary N) is 1. The second kappa shape index (κ2) is 12.5. The van der Waals surface area contributed by atoms with Gasteiger partial charge in [0.15, 0.2) is 11.0 Å². The number of methoxy groups -OCH3 is 1. The summed E-state index contributed by atoms with van der Waals surface area (Å²) >= 11 is 1.09. The lowest BCUT2D eigenvalue weighted by Gasteiger charge is -2.23. The smallest absolute Gasteiger partial charge is 0.406 e. The molecule has 44 heavy (non-hydrogen) atoms. The van der Waals surface area contributed by atoms with Gasteiger partial charge in [0.1, 0.15) is 17.9 Å². The van der Waals surface area contributed by atoms with E-state index in [1.165, 1.54) is 40.2 Å². The quantitative estimate of drug-likeness (QED) is 0.228. The minimum Gasteiger partial charge on any atom is -0.406 e. The third kappa shape index (κ3) is 6.89. The van der Waals surface area contributed by atoms with Crippen molar-refractivity contribution in [1.29, 1.82) is 0 Å². The molecule has 0 aliphatic carbocycles. The van der Waals surface area contributed by atoms with E-state index in [2.05, 4.69) is 25.1 Å². The molecule has 2 heterocycles. The molecule has 1 aliphatic heterocycles. The van der Waals surface area contributed by atoms with Crippen LogP contribution in [0.15, 0.2) is 72.0 Å². The van der Waals surface area contributed by atoms with Gasteiger partial charge in [-0.3, -0.25) is 9.69 Å². The first-order valence-corrected chi connectivity index (χ1v) is 14.0. The molecule has 228 valence electrons. The fourth-order valence-electron chi connectivity index (χ4n) is 4.31. The first-order chi connectivity index (χ1) is 20.9. The monoisotopic (exact) mass is 628 g/mol. The zero-order chi connectivity index (χ0) is 31.6. The highest BCUT2D eigenvalue weighted by Crippen LogP contribution is 2.35. The van der Waals surface area contributed by atoms with Gasteiger partial charge in [-0.15, -0.1) is 18.3 Å². The Balaban J connectivity index is 1.31. The van der Waals surface area contributed by atoms with Gasteiger partial charge in [-0.2, -0.15) is 4.99 Å². The fourth-order valence-corrected chi connectivity index (χ4v) is 5.16. The highest BCUT2D eigenvalue weighted by Gasteiger charge is 2.33. The number of urea groups is 1. The fraction of sp³-hybridized carbons (Fsp3) is 0.207. The number of amides is 3. The van der Waals surface area contributed by atoms with Crippen molar-refractivity contribution in [1.82, 2.24) is 14.8 Å². The van der Waals surface area contributed by atoms with Crippen molar-refractivity contribution in [2.24, 2.45) is 4.99 Å². The Hall–Kier alpha value is -4.76. The summed E-state index contributed by atoms with van der Waals surface area (Å²) in [5.41, 5.74) is 2.71. The first kappa shape index (κ1) is 30.7. The van der Waals surface area contributed by atoms with Gasteiger partial charge in [-0.25, -0.2) is 18.9 Å². The Morgan fingerprint density at radius 1 is 1.11 bits per heavy atom. The number of amidine groups is 1. The summed E-state index contributed by atoms with van der Waals surface area (Å²) in [4.78, 5) is 35.2. The van der Waals surface area contributed by atoms with Gasteiger partial charge < -0.3 is 14.8 Å². The first-order valence-electron chi connectivity index (χ1n) is 13.0. The maximum absolute atomic E-state index is 15.0. The molecule has 1 saturated heterocycles. The van der Waals surface area contributed by atoms with Gasteiger partial charge in [0.25, 0.3) is 0 Å². The number of nitrogens with zero attached hydrogens (tertiary/aromatic N) is 5. The molecule has 3 amide bonds. The van der Waals surface area contributed by atoms with Gasteiger partial charge in [0.2, 0.25) is 5.91 Å². The van der Waals surface area contributed by atoms with E-state index in [4.69, 9.17) is 4.74 Å². The van der Waals surface area contributed by atoms with Crippen LogP contribution in [-0.4, -0.2) is 51.1 Å². The Bertz CT molecular complexity index is 1740. The number of carbonyl (C=O) groups excluding carboxylic acids is 2. The van der Waals surface area contributed by atoms with Crippen LogP contribution >= 0.6 is 11.8 Å². The third-order valence-electron chi connectivity index (χ3n) is 6.48. The summed E-state index contributed by atoms with van der Waals surface area (Å²) in [6.45, 7) is 3.72. The van der Waals surface area contributed by atoms with Crippen molar-refractivity contribution >= 4 is 40.2 Å². The lowest BCUT2D eigenvalue weighted by molar-refractivity contribution is -0.274. The van der Waals surface area contributed by atoms with E-state index in [1.54, 1.807) is 7.11 Å². The number of anilines is 2. The summed E-state index contributed by atoms with van der Waals surface area (Å²) in [6.07, 6.45) is -3.82. The van der Waals surface area contributed by atoms with Crippen LogP contribution in [-0.2, 0) is 9.53 Å². The molecule has 1 aromatic heterocycles. The number of rotatable bonds is 7. The van der Waals surface area contributed by atoms with Crippen LogP contribution in [0.2, 0.25) is 0 Å². The van der Waals surface area contributed by atoms with Gasteiger partial charge >= 0.3 is 12.4 Å². The number of hydrogen-bond acceptors (Lipinski definition) is 7. The molecule has 3 aromatic carbocycles. The van der Waals surface area contributed by atoms with Crippen LogP contribution in [0.4, 0.5) is 33.7 Å². The molecule has 1 unspecified atom stereocenters. The summed E-state index contributed by atoms with van der Waals surface area (Å²) in [5, 5.41) is 6.79. The Labute approximate surface area is 252 Å². The van der Waals surface area contributed by atoms with E-state index >= 15 is 4.39 Å². The minimum absolute atomic E-state index is 0.0784. The molecule has 0 spiro atoms. The molecule has 1 aliphatic rings. The normalized spacial score (nSPS) is 15.1. The number of benzene rings is 3. The molecule has 10 nitrogen and oxygen atoms in total. The number of carbonyl (C=O) groups is 2. The van der Waals surface area contributed by atoms with Crippen LogP contribution in [0.5, 0.6) is 5.75 Å². The van der Waals surface area contributed by atoms with Crippen molar-refractivity contribution < 1.29 is 36.6 Å². The van der Waals surface area contributed by atoms with Gasteiger partial charge in [0, 0.05) is 18.2 Å². The van der Waals surface area contributed by atoms with Crippen LogP contribution < -0.4 is 15.0 Å². The van der Waals surface area contributed by atoms with Crippen LogP contribution in [0.25, 0.3) is 17.1 Å². The number of thioether (sulfide) groups is 1. The van der Waals surface area contributed by atoms with Gasteiger partial charge in [-0.1, -0.05) is 23.9 Å². The van der Waals surface area contributed by atoms with Crippen molar-refractivity contribution in [2.75, 3.05) is 23.1 Å². The van der Waals surface area contributed by atoms with E-state index in [0.29, 0.717) is 11.4 Å². The Morgan fingerprint density at radius 2 is 1.86 bits per heavy atom. The van der Waals surface area contributed by atoms with Crippen molar-refractivity contribution in [3.63, 3.8) is 0 Å². The second-order valence-electron chi connectivity index (χ2n) is 9.53. The largest absolute Gasteiger partial charge is 0.573 e. The number of aliphatic imine (C=N–C) groups is 1. The van der Waals surface area contributed by atoms with Crippen LogP contribution in [0.1, 0.15) is 24.2 Å². The summed E-state index contributed by atoms with van der Waals surface area (Å²) < 4.78 is 62.9. The number of halogens is 4. The van der Waals surface area contributed by atoms with Crippen LogP contribution in [0.3, 0.4) is 0 Å². The number of ether oxygens (including phenoxy) is 2. The molecule has 1 N–H and O–H groups in total. The molecule has 1 atom stereocenters. The zero-order valence-electron chi connectivity index (χ0n) is 23.4. The second-order valence-corrected chi connectivity index (χ2v) is 10.5. The minimum atomic E-state index is -4.81. The Kier molecular flexibility index (Phi) is 8.69. The number of alkyl halides is 3. The summed E-state index contributed by atoms with van der Waals surface area (Å²) in [6, 6.07) is 13.6. The lowest BCUT2D eigenvalue weighted by atomic mass is 10.0. The lowest BCUT2D eigenvalue weighted by Crippen LogP contribution is -2.31. The van der Waals surface area contributed by atoms with Crippen LogP contribution in [0, 0.1) is 12.7 Å². The zero-order valence-corrected chi connectivity index (χ0v) is 24.2. The molecule has 15 heteroatoms.